The molecule has 0 aromatic rings. The molecule has 1 fully saturated rings. The molecule has 1 atom stereocenters. The fraction of sp³-hybridized carbons (Fsp3) is 0.917. The van der Waals surface area contributed by atoms with Gasteiger partial charge in [-0.1, -0.05) is 54.6 Å². The highest BCUT2D eigenvalue weighted by molar-refractivity contribution is 6.68. The molecule has 0 saturated carbocycles. The summed E-state index contributed by atoms with van der Waals surface area (Å²) < 4.78 is 3.72. The van der Waals surface area contributed by atoms with E-state index in [9.17, 15) is 4.79 Å². The summed E-state index contributed by atoms with van der Waals surface area (Å²) in [5, 5.41) is 2.82. The number of rotatable bonds is 6. The van der Waals surface area contributed by atoms with Crippen LogP contribution in [0.4, 0.5) is 0 Å². The summed E-state index contributed by atoms with van der Waals surface area (Å²) in [5.74, 6) is -0.0729. The number of carbonyl (C=O) groups is 1. The van der Waals surface area contributed by atoms with Crippen LogP contribution in [-0.2, 0) is 9.53 Å². The Morgan fingerprint density at radius 3 is 2.47 bits per heavy atom. The highest BCUT2D eigenvalue weighted by Gasteiger charge is 2.38. The van der Waals surface area contributed by atoms with Crippen molar-refractivity contribution in [2.45, 2.75) is 42.6 Å². The van der Waals surface area contributed by atoms with Crippen molar-refractivity contribution < 1.29 is 9.53 Å². The van der Waals surface area contributed by atoms with E-state index < -0.39 is 9.96 Å². The third-order valence-electron chi connectivity index (χ3n) is 3.03. The van der Waals surface area contributed by atoms with Gasteiger partial charge in [-0.2, -0.15) is 0 Å². The monoisotopic (exact) mass is 330 g/mol. The molecule has 1 aliphatic heterocycles. The van der Waals surface area contributed by atoms with Crippen LogP contribution in [0.1, 0.15) is 32.6 Å². The first kappa shape index (κ1) is 17.3. The van der Waals surface area contributed by atoms with Crippen LogP contribution in [0.5, 0.6) is 0 Å². The molecule has 0 aromatic heterocycles. The number of alkyl halides is 3. The van der Waals surface area contributed by atoms with Gasteiger partial charge in [-0.05, 0) is 6.42 Å². The fourth-order valence-corrected chi connectivity index (χ4v) is 2.55. The first-order valence-corrected chi connectivity index (χ1v) is 7.76. The molecular formula is C12H21Cl3N2O2. The Labute approximate surface area is 129 Å². The maximum Gasteiger partial charge on any atom is 0.223 e. The lowest BCUT2D eigenvalue weighted by molar-refractivity contribution is -0.123. The summed E-state index contributed by atoms with van der Waals surface area (Å²) in [6.45, 7) is 4.56. The highest BCUT2D eigenvalue weighted by Crippen LogP contribution is 2.32. The van der Waals surface area contributed by atoms with Crippen LogP contribution in [0.15, 0.2) is 0 Å². The number of morpholine rings is 1. The molecule has 1 amide bonds. The molecule has 0 radical (unpaired) electrons. The van der Waals surface area contributed by atoms with Crippen LogP contribution < -0.4 is 5.32 Å². The van der Waals surface area contributed by atoms with Gasteiger partial charge in [0.2, 0.25) is 9.70 Å². The van der Waals surface area contributed by atoms with Crippen molar-refractivity contribution >= 4 is 40.7 Å². The predicted octanol–water partition coefficient (Wildman–Crippen LogP) is 2.71. The molecule has 19 heavy (non-hydrogen) atoms. The van der Waals surface area contributed by atoms with E-state index in [1.165, 1.54) is 0 Å². The van der Waals surface area contributed by atoms with E-state index in [1.54, 1.807) is 0 Å². The second-order valence-corrected chi connectivity index (χ2v) is 6.99. The zero-order chi connectivity index (χ0) is 14.3. The lowest BCUT2D eigenvalue weighted by Gasteiger charge is -2.38. The summed E-state index contributed by atoms with van der Waals surface area (Å²) in [7, 11) is 0. The van der Waals surface area contributed by atoms with E-state index in [4.69, 9.17) is 39.5 Å². The Bertz CT molecular complexity index is 279. The normalized spacial score (nSPS) is 19.2. The molecule has 0 spiro atoms. The Morgan fingerprint density at radius 2 is 1.95 bits per heavy atom. The number of unbranched alkanes of at least 4 members (excludes halogenated alkanes) is 2. The molecule has 0 bridgehead atoms. The van der Waals surface area contributed by atoms with Gasteiger partial charge in [0.1, 0.15) is 6.17 Å². The van der Waals surface area contributed by atoms with E-state index in [1.807, 2.05) is 4.90 Å². The lowest BCUT2D eigenvalue weighted by atomic mass is 10.2. The number of carbonyl (C=O) groups excluding carboxylic acids is 1. The van der Waals surface area contributed by atoms with Crippen LogP contribution >= 0.6 is 34.8 Å². The van der Waals surface area contributed by atoms with Crippen molar-refractivity contribution in [3.63, 3.8) is 0 Å². The minimum absolute atomic E-state index is 0.0729. The molecule has 4 nitrogen and oxygen atoms in total. The number of hydrogen-bond acceptors (Lipinski definition) is 3. The quantitative estimate of drug-likeness (QED) is 0.601. The smallest absolute Gasteiger partial charge is 0.223 e. The number of nitrogens with one attached hydrogen (secondary N) is 1. The molecule has 1 unspecified atom stereocenters. The topological polar surface area (TPSA) is 41.6 Å². The molecule has 1 N–H and O–H groups in total. The molecule has 1 aliphatic rings. The summed E-state index contributed by atoms with van der Waals surface area (Å²) in [4.78, 5) is 13.8. The number of ether oxygens (including phenoxy) is 1. The van der Waals surface area contributed by atoms with Crippen LogP contribution in [0.3, 0.4) is 0 Å². The van der Waals surface area contributed by atoms with Crippen molar-refractivity contribution in [1.29, 1.82) is 0 Å². The third-order valence-corrected chi connectivity index (χ3v) is 3.65. The summed E-state index contributed by atoms with van der Waals surface area (Å²) in [5.41, 5.74) is 0. The van der Waals surface area contributed by atoms with E-state index in [0.29, 0.717) is 32.7 Å². The van der Waals surface area contributed by atoms with Crippen molar-refractivity contribution in [3.8, 4) is 0 Å². The van der Waals surface area contributed by atoms with E-state index >= 15 is 0 Å². The Kier molecular flexibility index (Phi) is 7.77. The lowest BCUT2D eigenvalue weighted by Crippen LogP contribution is -2.58. The number of hydrogen-bond donors (Lipinski definition) is 1. The zero-order valence-corrected chi connectivity index (χ0v) is 13.4. The number of nitrogens with zero attached hydrogens (tertiary/aromatic N) is 1. The summed E-state index contributed by atoms with van der Waals surface area (Å²) >= 11 is 17.9. The summed E-state index contributed by atoms with van der Waals surface area (Å²) in [6, 6.07) is 0. The van der Waals surface area contributed by atoms with E-state index in [-0.39, 0.29) is 5.91 Å². The number of halogens is 3. The minimum atomic E-state index is -1.54. The van der Waals surface area contributed by atoms with Crippen LogP contribution in [0.25, 0.3) is 0 Å². The van der Waals surface area contributed by atoms with Gasteiger partial charge >= 0.3 is 0 Å². The molecule has 0 aliphatic carbocycles. The molecule has 0 aromatic carbocycles. The van der Waals surface area contributed by atoms with Gasteiger partial charge in [0, 0.05) is 19.5 Å². The van der Waals surface area contributed by atoms with Gasteiger partial charge in [-0.25, -0.2) is 0 Å². The zero-order valence-electron chi connectivity index (χ0n) is 11.1. The fourth-order valence-electron chi connectivity index (χ4n) is 1.98. The average molecular weight is 332 g/mol. The predicted molar refractivity (Wildman–Crippen MR) is 78.8 cm³/mol. The van der Waals surface area contributed by atoms with Crippen LogP contribution in [0, 0.1) is 0 Å². The SMILES string of the molecule is CCCCCC(=O)NC(N1CCOCC1)C(Cl)(Cl)Cl. The first-order chi connectivity index (χ1) is 8.95. The molecule has 112 valence electrons. The van der Waals surface area contributed by atoms with Crippen molar-refractivity contribution in [2.24, 2.45) is 0 Å². The Morgan fingerprint density at radius 1 is 1.32 bits per heavy atom. The Balaban J connectivity index is 2.52. The highest BCUT2D eigenvalue weighted by atomic mass is 35.6. The summed E-state index contributed by atoms with van der Waals surface area (Å²) in [6.07, 6.45) is 2.83. The van der Waals surface area contributed by atoms with Gasteiger partial charge in [0.05, 0.1) is 13.2 Å². The van der Waals surface area contributed by atoms with Gasteiger partial charge in [0.25, 0.3) is 0 Å². The van der Waals surface area contributed by atoms with E-state index in [0.717, 1.165) is 19.3 Å². The second kappa shape index (κ2) is 8.53. The first-order valence-electron chi connectivity index (χ1n) is 6.63. The maximum atomic E-state index is 11.9. The van der Waals surface area contributed by atoms with Crippen molar-refractivity contribution in [3.05, 3.63) is 0 Å². The van der Waals surface area contributed by atoms with Crippen LogP contribution in [0.2, 0.25) is 0 Å². The molecule has 1 rings (SSSR count). The molecule has 1 heterocycles. The average Bonchev–Trinajstić information content (AvgIpc) is 2.36. The van der Waals surface area contributed by atoms with Gasteiger partial charge < -0.3 is 10.1 Å². The van der Waals surface area contributed by atoms with Gasteiger partial charge in [-0.3, -0.25) is 9.69 Å². The Hall–Kier alpha value is 0.260. The molecule has 1 saturated heterocycles. The largest absolute Gasteiger partial charge is 0.379 e. The molecule has 7 heteroatoms. The van der Waals surface area contributed by atoms with Gasteiger partial charge in [0.15, 0.2) is 0 Å². The minimum Gasteiger partial charge on any atom is -0.379 e. The third kappa shape index (κ3) is 6.50. The van der Waals surface area contributed by atoms with Crippen LogP contribution in [-0.4, -0.2) is 47.1 Å². The second-order valence-electron chi connectivity index (χ2n) is 4.62. The van der Waals surface area contributed by atoms with Gasteiger partial charge in [-0.15, -0.1) is 0 Å². The molecular weight excluding hydrogens is 311 g/mol. The van der Waals surface area contributed by atoms with Crippen molar-refractivity contribution in [1.82, 2.24) is 10.2 Å². The van der Waals surface area contributed by atoms with E-state index in [2.05, 4.69) is 12.2 Å². The number of amides is 1. The standard InChI is InChI=1S/C12H21Cl3N2O2/c1-2-3-4-5-10(18)16-11(12(13,14)15)17-6-8-19-9-7-17/h11H,2-9H2,1H3,(H,16,18). The van der Waals surface area contributed by atoms with Crippen molar-refractivity contribution in [2.75, 3.05) is 26.3 Å². The maximum absolute atomic E-state index is 11.9.